The van der Waals surface area contributed by atoms with Crippen LogP contribution in [0.15, 0.2) is 16.7 Å². The second-order valence-electron chi connectivity index (χ2n) is 9.46. The van der Waals surface area contributed by atoms with Gasteiger partial charge in [0.2, 0.25) is 0 Å². The maximum absolute atomic E-state index is 15.1. The third kappa shape index (κ3) is 5.64. The zero-order valence-electron chi connectivity index (χ0n) is 23.2. The molecule has 0 atom stereocenters. The van der Waals surface area contributed by atoms with Gasteiger partial charge in [-0.05, 0) is 0 Å². The van der Waals surface area contributed by atoms with Crippen molar-refractivity contribution in [2.24, 2.45) is 0 Å². The Kier molecular flexibility index (Phi) is 9.15. The number of rotatable bonds is 3. The Bertz CT molecular complexity index is 2210. The molecule has 0 bridgehead atoms. The number of allylic oxidation sites excluding steroid dienone is 6. The van der Waals surface area contributed by atoms with Crippen LogP contribution in [-0.2, 0) is 12.4 Å². The highest BCUT2D eigenvalue weighted by Gasteiger charge is 2.49. The highest BCUT2D eigenvalue weighted by Crippen LogP contribution is 2.57. The quantitative estimate of drug-likeness (QED) is 0.116. The second-order valence-corrected chi connectivity index (χ2v) is 9.46. The van der Waals surface area contributed by atoms with Gasteiger partial charge in [-0.3, -0.25) is 0 Å². The van der Waals surface area contributed by atoms with Crippen molar-refractivity contribution >= 4 is 16.7 Å². The molecule has 1 aliphatic carbocycles. The molecule has 260 valence electrons. The third-order valence-electron chi connectivity index (χ3n) is 6.76. The maximum atomic E-state index is 15.1. The molecule has 1 heterocycles. The summed E-state index contributed by atoms with van der Waals surface area (Å²) < 4.78 is 241. The van der Waals surface area contributed by atoms with Gasteiger partial charge in [-0.25, -0.2) is 48.9 Å². The molecular weight excluding hydrogens is 741 g/mol. The lowest BCUT2D eigenvalue weighted by Gasteiger charge is -2.14. The van der Waals surface area contributed by atoms with E-state index in [1.54, 1.807) is 0 Å². The molecule has 22 heteroatoms. The fourth-order valence-corrected chi connectivity index (χ4v) is 4.66. The minimum atomic E-state index is -6.18. The zero-order chi connectivity index (χ0) is 38.8. The van der Waals surface area contributed by atoms with Crippen molar-refractivity contribution in [3.8, 4) is 24.3 Å². The summed E-state index contributed by atoms with van der Waals surface area (Å²) >= 11 is 0. The number of benzene rings is 2. The molecule has 0 amide bonds. The second kappa shape index (κ2) is 12.5. The van der Waals surface area contributed by atoms with Crippen molar-refractivity contribution < 1.29 is 74.6 Å². The minimum absolute atomic E-state index is 0.727. The van der Waals surface area contributed by atoms with Crippen LogP contribution in [0.5, 0.6) is 0 Å². The van der Waals surface area contributed by atoms with Gasteiger partial charge in [0.1, 0.15) is 35.4 Å². The summed E-state index contributed by atoms with van der Waals surface area (Å²) in [6.45, 7) is 0. The molecule has 0 saturated heterocycles. The number of hydrogen-bond acceptors (Lipinski definition) is 5. The monoisotopic (exact) mass is 741 g/mol. The average molecular weight is 741 g/mol. The molecule has 1 aliphatic rings. The maximum Gasteiger partial charge on any atom is 0.422 e. The summed E-state index contributed by atoms with van der Waals surface area (Å²) in [5, 5.41) is 38.2. The smallest absolute Gasteiger partial charge is 0.203 e. The Balaban J connectivity index is 2.37. The van der Waals surface area contributed by atoms with Gasteiger partial charge in [-0.2, -0.15) is 51.8 Å². The van der Waals surface area contributed by atoms with Crippen molar-refractivity contribution in [1.82, 2.24) is 4.98 Å². The zero-order valence-corrected chi connectivity index (χ0v) is 23.2. The first-order chi connectivity index (χ1) is 23.5. The number of pyridine rings is 1. The number of hydrogen-bond donors (Lipinski definition) is 0. The molecule has 0 spiro atoms. The lowest BCUT2D eigenvalue weighted by atomic mass is 9.98. The predicted octanol–water partition coefficient (Wildman–Crippen LogP) is 8.77. The Morgan fingerprint density at radius 2 is 0.686 bits per heavy atom. The molecule has 5 nitrogen and oxygen atoms in total. The lowest BCUT2D eigenvalue weighted by molar-refractivity contribution is -0.144. The summed E-state index contributed by atoms with van der Waals surface area (Å²) in [7, 11) is 0. The number of halogens is 17. The van der Waals surface area contributed by atoms with Crippen molar-refractivity contribution in [2.45, 2.75) is 12.4 Å². The van der Waals surface area contributed by atoms with Gasteiger partial charge >= 0.3 is 12.4 Å². The fourth-order valence-electron chi connectivity index (χ4n) is 4.66. The van der Waals surface area contributed by atoms with Crippen molar-refractivity contribution in [1.29, 1.82) is 21.0 Å². The van der Waals surface area contributed by atoms with Crippen molar-refractivity contribution in [3.05, 3.63) is 114 Å². The van der Waals surface area contributed by atoms with E-state index in [0.717, 1.165) is 24.3 Å². The van der Waals surface area contributed by atoms with E-state index in [-0.39, 0.29) is 0 Å². The van der Waals surface area contributed by atoms with Crippen LogP contribution in [0.2, 0.25) is 0 Å². The Morgan fingerprint density at radius 3 is 0.922 bits per heavy atom. The summed E-state index contributed by atoms with van der Waals surface area (Å²) in [5.74, 6) is -32.6. The molecular formula is C29F17N5. The summed E-state index contributed by atoms with van der Waals surface area (Å²) in [4.78, 5) is 2.54. The molecule has 4 rings (SSSR count). The van der Waals surface area contributed by atoms with Gasteiger partial charge < -0.3 is 0 Å². The van der Waals surface area contributed by atoms with Crippen LogP contribution >= 0.6 is 0 Å². The first-order valence-corrected chi connectivity index (χ1v) is 12.3. The highest BCUT2D eigenvalue weighted by molar-refractivity contribution is 6.12. The molecule has 0 aliphatic heterocycles. The van der Waals surface area contributed by atoms with Crippen LogP contribution in [-0.4, -0.2) is 4.98 Å². The Hall–Kier alpha value is -6.42. The van der Waals surface area contributed by atoms with Gasteiger partial charge in [0.15, 0.2) is 63.9 Å². The van der Waals surface area contributed by atoms with Gasteiger partial charge in [-0.1, -0.05) is 0 Å². The van der Waals surface area contributed by atoms with Crippen LogP contribution in [0.25, 0.3) is 16.7 Å². The highest BCUT2D eigenvalue weighted by atomic mass is 19.4. The van der Waals surface area contributed by atoms with Crippen LogP contribution in [0.3, 0.4) is 0 Å². The number of nitriles is 4. The molecule has 1 aromatic heterocycles. The van der Waals surface area contributed by atoms with E-state index in [4.69, 9.17) is 5.26 Å². The first kappa shape index (κ1) is 37.4. The minimum Gasteiger partial charge on any atom is -0.203 e. The summed E-state index contributed by atoms with van der Waals surface area (Å²) in [6.07, 6.45) is -12.4. The largest absolute Gasteiger partial charge is 0.422 e. The van der Waals surface area contributed by atoms with E-state index in [9.17, 15) is 68.5 Å². The van der Waals surface area contributed by atoms with Crippen LogP contribution < -0.4 is 0 Å². The topological polar surface area (TPSA) is 108 Å². The average Bonchev–Trinajstić information content (AvgIpc) is 3.75. The van der Waals surface area contributed by atoms with E-state index in [2.05, 4.69) is 4.98 Å². The fraction of sp³-hybridized carbons (Fsp3) is 0.0690. The van der Waals surface area contributed by atoms with Gasteiger partial charge in [0, 0.05) is 16.7 Å². The van der Waals surface area contributed by atoms with Gasteiger partial charge in [0.25, 0.3) is 5.95 Å². The van der Waals surface area contributed by atoms with E-state index < -0.39 is 143 Å². The molecule has 1 saturated carbocycles. The van der Waals surface area contributed by atoms with Gasteiger partial charge in [-0.15, -0.1) is 0 Å². The summed E-state index contributed by atoms with van der Waals surface area (Å²) in [6, 6.07) is 3.19. The SMILES string of the molecule is N#CC(=C1C(=C(\C#N)c2c(F)c(F)c(C(F)(F)F)c(F)c2F)/C1=C(\C#N)c1c(F)c(F)c(C(F)(F)F)c(F)c1F)c1c(F)c(F)nc(C#N)c1F. The first-order valence-electron chi connectivity index (χ1n) is 12.3. The Morgan fingerprint density at radius 1 is 0.412 bits per heavy atom. The normalized spacial score (nSPS) is 15.8. The Labute approximate surface area is 268 Å². The number of aromatic nitrogens is 1. The standard InChI is InChI=1S/C29F17N5/c30-17-8(4-50)51-27(40)22(35)12(17)5(1-47)9-10(6(2-48)13-18(31)23(36)15(28(41,42)43)24(37)19(13)32)11(9)7(3-49)14-20(33)25(38)16(29(44,45)46)26(39)21(14)34/b9-5?,10-6-,11-7+. The molecule has 0 N–H and O–H groups in total. The molecule has 51 heavy (non-hydrogen) atoms. The summed E-state index contributed by atoms with van der Waals surface area (Å²) in [5.41, 5.74) is -26.3. The molecule has 2 aromatic carbocycles. The van der Waals surface area contributed by atoms with Crippen molar-refractivity contribution in [3.63, 3.8) is 0 Å². The third-order valence-corrected chi connectivity index (χ3v) is 6.76. The van der Waals surface area contributed by atoms with E-state index in [1.807, 2.05) is 0 Å². The van der Waals surface area contributed by atoms with Gasteiger partial charge in [0.05, 0.1) is 33.4 Å². The van der Waals surface area contributed by atoms with Crippen LogP contribution in [0.1, 0.15) is 33.5 Å². The van der Waals surface area contributed by atoms with E-state index in [1.165, 1.54) is 0 Å². The van der Waals surface area contributed by atoms with Crippen LogP contribution in [0, 0.1) is 109 Å². The molecule has 0 unspecified atom stereocenters. The molecule has 3 aromatic rings. The predicted molar refractivity (Wildman–Crippen MR) is 129 cm³/mol. The number of nitrogens with zero attached hydrogens (tertiary/aromatic N) is 5. The lowest BCUT2D eigenvalue weighted by Crippen LogP contribution is -2.17. The van der Waals surface area contributed by atoms with E-state index >= 15 is 22.0 Å². The molecule has 0 radical (unpaired) electrons. The van der Waals surface area contributed by atoms with Crippen LogP contribution in [0.4, 0.5) is 74.6 Å². The molecule has 1 fully saturated rings. The number of alkyl halides is 6. The van der Waals surface area contributed by atoms with E-state index in [0.29, 0.717) is 0 Å². The van der Waals surface area contributed by atoms with Crippen molar-refractivity contribution in [2.75, 3.05) is 0 Å².